The lowest BCUT2D eigenvalue weighted by atomic mass is 9.69. The monoisotopic (exact) mass is 491 g/mol. The van der Waals surface area contributed by atoms with Crippen molar-refractivity contribution < 1.29 is 26.0 Å². The maximum absolute atomic E-state index is 13.4. The molecule has 1 saturated heterocycles. The van der Waals surface area contributed by atoms with Gasteiger partial charge in [0.05, 0.1) is 35.0 Å². The largest absolute Gasteiger partial charge is 0.273 e. The number of hydrogen-bond donors (Lipinski definition) is 0. The number of alkyl halides is 1. The first kappa shape index (κ1) is 23.0. The molecule has 2 saturated carbocycles. The van der Waals surface area contributed by atoms with E-state index < -0.39 is 55.6 Å². The van der Waals surface area contributed by atoms with Crippen LogP contribution >= 0.6 is 11.6 Å². The predicted octanol–water partition coefficient (Wildman–Crippen LogP) is 3.46. The van der Waals surface area contributed by atoms with Gasteiger partial charge in [0.2, 0.25) is 15.9 Å². The molecule has 1 aromatic rings. The third kappa shape index (κ3) is 3.42. The molecule has 4 rings (SSSR count). The first-order chi connectivity index (χ1) is 14.4. The highest BCUT2D eigenvalue weighted by Gasteiger charge is 2.72. The Kier molecular flexibility index (Phi) is 5.50. The second kappa shape index (κ2) is 7.42. The topological polar surface area (TPSA) is 88.6 Å². The van der Waals surface area contributed by atoms with Crippen molar-refractivity contribution in [3.63, 3.8) is 0 Å². The molecule has 172 valence electrons. The maximum Gasteiger partial charge on any atom is 0.240 e. The molecule has 1 aromatic carbocycles. The van der Waals surface area contributed by atoms with Gasteiger partial charge in [-0.05, 0) is 61.3 Å². The Hall–Kier alpha value is -1.19. The van der Waals surface area contributed by atoms with Crippen molar-refractivity contribution in [1.29, 1.82) is 0 Å². The Labute approximate surface area is 188 Å². The Balaban J connectivity index is 1.65. The molecule has 0 N–H and O–H groups in total. The number of carbonyl (C=O) groups excluding carboxylic acids is 1. The molecule has 2 aliphatic carbocycles. The lowest BCUT2D eigenvalue weighted by Gasteiger charge is -2.37. The van der Waals surface area contributed by atoms with Gasteiger partial charge in [-0.2, -0.15) is 0 Å². The van der Waals surface area contributed by atoms with Gasteiger partial charge in [0.1, 0.15) is 0 Å². The van der Waals surface area contributed by atoms with Crippen molar-refractivity contribution in [2.75, 3.05) is 18.2 Å². The van der Waals surface area contributed by atoms with Crippen LogP contribution in [0.25, 0.3) is 0 Å². The van der Waals surface area contributed by atoms with E-state index in [1.165, 1.54) is 24.3 Å². The first-order valence-corrected chi connectivity index (χ1v) is 14.1. The molecule has 6 nitrogen and oxygen atoms in total. The van der Waals surface area contributed by atoms with Crippen LogP contribution in [0.1, 0.15) is 39.5 Å². The Morgan fingerprint density at radius 2 is 1.94 bits per heavy atom. The number of sulfonamides is 1. The molecule has 1 heterocycles. The summed E-state index contributed by atoms with van der Waals surface area (Å²) in [5.41, 5.74) is -0.730. The minimum absolute atomic E-state index is 0.0321. The molecule has 0 aromatic heterocycles. The number of sulfone groups is 1. The Morgan fingerprint density at radius 3 is 2.52 bits per heavy atom. The van der Waals surface area contributed by atoms with Crippen LogP contribution in [0.3, 0.4) is 0 Å². The average molecular weight is 492 g/mol. The third-order valence-electron chi connectivity index (χ3n) is 8.03. The van der Waals surface area contributed by atoms with Crippen LogP contribution in [-0.4, -0.2) is 51.3 Å². The number of amides is 1. The van der Waals surface area contributed by atoms with Crippen LogP contribution in [-0.2, 0) is 24.7 Å². The fourth-order valence-corrected chi connectivity index (χ4v) is 10.5. The zero-order valence-corrected chi connectivity index (χ0v) is 19.9. The van der Waals surface area contributed by atoms with Crippen molar-refractivity contribution >= 4 is 37.4 Å². The van der Waals surface area contributed by atoms with E-state index in [4.69, 9.17) is 11.6 Å². The molecule has 4 atom stereocenters. The van der Waals surface area contributed by atoms with E-state index >= 15 is 0 Å². The zero-order chi connectivity index (χ0) is 22.8. The van der Waals surface area contributed by atoms with Crippen molar-refractivity contribution in [2.45, 2.75) is 50.5 Å². The van der Waals surface area contributed by atoms with Crippen molar-refractivity contribution in [1.82, 2.24) is 4.31 Å². The van der Waals surface area contributed by atoms with Crippen LogP contribution < -0.4 is 0 Å². The van der Waals surface area contributed by atoms with Crippen LogP contribution in [0.15, 0.2) is 29.2 Å². The highest BCUT2D eigenvalue weighted by Crippen LogP contribution is 2.70. The van der Waals surface area contributed by atoms with Crippen LogP contribution in [0.2, 0.25) is 5.02 Å². The summed E-state index contributed by atoms with van der Waals surface area (Å²) in [5, 5.41) is 0.364. The number of carbonyl (C=O) groups is 1. The molecule has 3 unspecified atom stereocenters. The number of fused-ring (bicyclic) bond motifs is 1. The summed E-state index contributed by atoms with van der Waals surface area (Å²) in [4.78, 5) is 13.4. The highest BCUT2D eigenvalue weighted by molar-refractivity contribution is 7.91. The molecule has 0 radical (unpaired) electrons. The number of nitrogens with zero attached hydrogens (tertiary/aromatic N) is 1. The standard InChI is InChI=1S/C21H27ClFNO5S2/c1-20(2)15-7-9-21(20)13-31(28,29)24(18(21)11-15)19(25)14(8-10-23)12-30(26,27)17-5-3-16(22)4-6-17/h3-6,14-15,18H,7-13H2,1-2H3/t14-,15?,18?,21?/m0/s1. The molecular weight excluding hydrogens is 465 g/mol. The summed E-state index contributed by atoms with van der Waals surface area (Å²) in [6, 6.07) is 5.03. The van der Waals surface area contributed by atoms with E-state index in [0.29, 0.717) is 17.4 Å². The highest BCUT2D eigenvalue weighted by atomic mass is 35.5. The van der Waals surface area contributed by atoms with Gasteiger partial charge >= 0.3 is 0 Å². The quantitative estimate of drug-likeness (QED) is 0.608. The lowest BCUT2D eigenvalue weighted by molar-refractivity contribution is -0.132. The van der Waals surface area contributed by atoms with E-state index in [0.717, 1.165) is 17.1 Å². The number of halogens is 2. The summed E-state index contributed by atoms with van der Waals surface area (Å²) in [6.45, 7) is 3.22. The van der Waals surface area contributed by atoms with Gasteiger partial charge in [-0.1, -0.05) is 25.4 Å². The molecule has 31 heavy (non-hydrogen) atoms. The lowest BCUT2D eigenvalue weighted by Crippen LogP contribution is -2.47. The second-order valence-electron chi connectivity index (χ2n) is 9.67. The molecule has 3 aliphatic rings. The smallest absolute Gasteiger partial charge is 0.240 e. The molecule has 10 heteroatoms. The summed E-state index contributed by atoms with van der Waals surface area (Å²) in [7, 11) is -7.84. The second-order valence-corrected chi connectivity index (χ2v) is 14.0. The van der Waals surface area contributed by atoms with Gasteiger partial charge in [-0.15, -0.1) is 0 Å². The van der Waals surface area contributed by atoms with Crippen LogP contribution in [0.5, 0.6) is 0 Å². The van der Waals surface area contributed by atoms with E-state index in [-0.39, 0.29) is 22.5 Å². The SMILES string of the molecule is CC1(C)C2CCC13CS(=O)(=O)N(C(=O)[C@@H](CCF)CS(=O)(=O)c1ccc(Cl)cc1)C3C2. The molecule has 1 amide bonds. The Bertz CT molecular complexity index is 1100. The zero-order valence-electron chi connectivity index (χ0n) is 17.6. The number of benzene rings is 1. The molecule has 1 spiro atoms. The van der Waals surface area contributed by atoms with Crippen molar-refractivity contribution in [2.24, 2.45) is 22.7 Å². The summed E-state index contributed by atoms with van der Waals surface area (Å²) >= 11 is 5.82. The van der Waals surface area contributed by atoms with Gasteiger partial charge in [0.25, 0.3) is 0 Å². The Morgan fingerprint density at radius 1 is 1.29 bits per heavy atom. The average Bonchev–Trinajstić information content (AvgIpc) is 3.15. The van der Waals surface area contributed by atoms with E-state index in [9.17, 15) is 26.0 Å². The van der Waals surface area contributed by atoms with Crippen molar-refractivity contribution in [3.8, 4) is 0 Å². The normalized spacial score (nSPS) is 31.5. The molecule has 2 bridgehead atoms. The van der Waals surface area contributed by atoms with E-state index in [1.807, 2.05) is 0 Å². The maximum atomic E-state index is 13.4. The van der Waals surface area contributed by atoms with Gasteiger partial charge in [0.15, 0.2) is 9.84 Å². The summed E-state index contributed by atoms with van der Waals surface area (Å²) < 4.78 is 66.3. The number of rotatable bonds is 6. The summed E-state index contributed by atoms with van der Waals surface area (Å²) in [5.74, 6) is -2.48. The fraction of sp³-hybridized carbons (Fsp3) is 0.667. The van der Waals surface area contributed by atoms with Gasteiger partial charge in [-0.25, -0.2) is 21.1 Å². The van der Waals surface area contributed by atoms with Crippen LogP contribution in [0, 0.1) is 22.7 Å². The fourth-order valence-electron chi connectivity index (χ4n) is 6.17. The molecule has 3 fully saturated rings. The van der Waals surface area contributed by atoms with Gasteiger partial charge in [-0.3, -0.25) is 9.18 Å². The minimum atomic E-state index is -3.93. The van der Waals surface area contributed by atoms with E-state index in [2.05, 4.69) is 13.8 Å². The molecular formula is C21H27ClFNO5S2. The van der Waals surface area contributed by atoms with Gasteiger partial charge in [0, 0.05) is 10.4 Å². The predicted molar refractivity (Wildman–Crippen MR) is 116 cm³/mol. The third-order valence-corrected chi connectivity index (χ3v) is 12.0. The number of hydrogen-bond acceptors (Lipinski definition) is 5. The summed E-state index contributed by atoms with van der Waals surface area (Å²) in [6.07, 6.45) is 1.91. The minimum Gasteiger partial charge on any atom is -0.273 e. The van der Waals surface area contributed by atoms with E-state index in [1.54, 1.807) is 0 Å². The molecule has 1 aliphatic heterocycles. The van der Waals surface area contributed by atoms with Crippen molar-refractivity contribution in [3.05, 3.63) is 29.3 Å². The first-order valence-electron chi connectivity index (χ1n) is 10.5. The van der Waals surface area contributed by atoms with Crippen LogP contribution in [0.4, 0.5) is 4.39 Å². The van der Waals surface area contributed by atoms with Gasteiger partial charge < -0.3 is 0 Å².